The molecule has 0 fully saturated rings. The summed E-state index contributed by atoms with van der Waals surface area (Å²) in [6.45, 7) is 30.2. The molecule has 3 aromatic rings. The summed E-state index contributed by atoms with van der Waals surface area (Å²) < 4.78 is 33.5. The minimum Gasteiger partial charge on any atom is -0.423 e. The highest BCUT2D eigenvalue weighted by Gasteiger charge is 2.26. The first-order valence-corrected chi connectivity index (χ1v) is 15.9. The standard InChI is InChI=1S/C42H38O12/c1-21(2)37(43)49-27-13-15-29(33(17-27)51-39(45)23(5)6)31-19-36(54-42(48)26(11)12)32(20-35(31)53-41(47)25(9)10)30-16-14-28(50-38(44)22(3)4)18-34(30)52-40(46)24(7)8/h13-20H,1,3,5,7,9,11H2,2,4,6,8,10,12H3. The van der Waals surface area contributed by atoms with Gasteiger partial charge in [-0.05, 0) is 77.9 Å². The molecular formula is C42H38O12. The largest absolute Gasteiger partial charge is 0.423 e. The van der Waals surface area contributed by atoms with Crippen LogP contribution in [0, 0.1) is 0 Å². The smallest absolute Gasteiger partial charge is 0.338 e. The molecule has 0 radical (unpaired) electrons. The predicted octanol–water partition coefficient (Wildman–Crippen LogP) is 7.91. The van der Waals surface area contributed by atoms with Crippen molar-refractivity contribution in [3.8, 4) is 56.8 Å². The van der Waals surface area contributed by atoms with Crippen molar-refractivity contribution < 1.29 is 57.2 Å². The fraction of sp³-hybridized carbons (Fsp3) is 0.143. The van der Waals surface area contributed by atoms with Gasteiger partial charge in [0.25, 0.3) is 0 Å². The summed E-state index contributed by atoms with van der Waals surface area (Å²) in [5.41, 5.74) is 0.540. The lowest BCUT2D eigenvalue weighted by atomic mass is 9.96. The molecule has 0 N–H and O–H groups in total. The van der Waals surface area contributed by atoms with Crippen LogP contribution in [0.2, 0.25) is 0 Å². The molecule has 0 heterocycles. The van der Waals surface area contributed by atoms with E-state index in [1.54, 1.807) is 0 Å². The summed E-state index contributed by atoms with van der Waals surface area (Å²) in [5, 5.41) is 0. The number of rotatable bonds is 14. The number of carbonyl (C=O) groups is 6. The van der Waals surface area contributed by atoms with Crippen molar-refractivity contribution in [1.29, 1.82) is 0 Å². The van der Waals surface area contributed by atoms with Crippen LogP contribution in [0.4, 0.5) is 0 Å². The van der Waals surface area contributed by atoms with E-state index in [0.717, 1.165) is 0 Å². The highest BCUT2D eigenvalue weighted by atomic mass is 16.6. The van der Waals surface area contributed by atoms with Gasteiger partial charge in [-0.15, -0.1) is 0 Å². The Bertz CT molecular complexity index is 2040. The first-order valence-electron chi connectivity index (χ1n) is 15.9. The summed E-state index contributed by atoms with van der Waals surface area (Å²) >= 11 is 0. The number of hydrogen-bond donors (Lipinski definition) is 0. The zero-order valence-corrected chi connectivity index (χ0v) is 30.8. The molecule has 0 saturated carbocycles. The minimum absolute atomic E-state index is 0.0102. The summed E-state index contributed by atoms with van der Waals surface area (Å²) in [6.07, 6.45) is 0. The Morgan fingerprint density at radius 1 is 0.333 bits per heavy atom. The second-order valence-corrected chi connectivity index (χ2v) is 12.2. The zero-order chi connectivity index (χ0) is 40.6. The van der Waals surface area contributed by atoms with Gasteiger partial charge in [0.2, 0.25) is 0 Å². The molecular weight excluding hydrogens is 696 g/mol. The van der Waals surface area contributed by atoms with E-state index in [0.29, 0.717) is 0 Å². The van der Waals surface area contributed by atoms with Gasteiger partial charge in [0.05, 0.1) is 0 Å². The van der Waals surface area contributed by atoms with Crippen molar-refractivity contribution in [3.63, 3.8) is 0 Å². The van der Waals surface area contributed by atoms with E-state index < -0.39 is 35.8 Å². The molecule has 278 valence electrons. The normalized spacial score (nSPS) is 10.2. The molecule has 3 rings (SSSR count). The van der Waals surface area contributed by atoms with Crippen LogP contribution in [-0.2, 0) is 28.8 Å². The quantitative estimate of drug-likeness (QED) is 0.0897. The molecule has 0 bridgehead atoms. The van der Waals surface area contributed by atoms with Gasteiger partial charge in [-0.25, -0.2) is 28.8 Å². The van der Waals surface area contributed by atoms with Gasteiger partial charge in [0.1, 0.15) is 34.5 Å². The van der Waals surface area contributed by atoms with Gasteiger partial charge in [-0.1, -0.05) is 39.5 Å². The van der Waals surface area contributed by atoms with Crippen molar-refractivity contribution in [2.45, 2.75) is 41.5 Å². The van der Waals surface area contributed by atoms with Crippen LogP contribution in [0.25, 0.3) is 22.3 Å². The molecule has 0 atom stereocenters. The summed E-state index contributed by atoms with van der Waals surface area (Å²) in [4.78, 5) is 76.4. The minimum atomic E-state index is -0.864. The SMILES string of the molecule is C=C(C)C(=O)Oc1ccc(-c2cc(OC(=O)C(=C)C)c(-c3ccc(OC(=O)C(=C)C)cc3OC(=O)C(=C)C)cc2OC(=O)C(=C)C)c(OC(=O)C(=C)C)c1. The van der Waals surface area contributed by atoms with Crippen LogP contribution >= 0.6 is 0 Å². The molecule has 3 aromatic carbocycles. The van der Waals surface area contributed by atoms with E-state index >= 15 is 0 Å². The molecule has 0 aliphatic rings. The van der Waals surface area contributed by atoms with E-state index in [-0.39, 0.29) is 90.2 Å². The first kappa shape index (κ1) is 41.3. The van der Waals surface area contributed by atoms with Gasteiger partial charge < -0.3 is 28.4 Å². The summed E-state index contributed by atoms with van der Waals surface area (Å²) in [5.74, 6) is -5.68. The topological polar surface area (TPSA) is 158 Å². The highest BCUT2D eigenvalue weighted by Crippen LogP contribution is 2.47. The first-order chi connectivity index (χ1) is 25.2. The van der Waals surface area contributed by atoms with Crippen LogP contribution in [0.1, 0.15) is 41.5 Å². The zero-order valence-electron chi connectivity index (χ0n) is 30.8. The molecule has 0 aromatic heterocycles. The molecule has 12 heteroatoms. The summed E-state index contributed by atoms with van der Waals surface area (Å²) in [7, 11) is 0. The molecule has 0 amide bonds. The number of hydrogen-bond acceptors (Lipinski definition) is 12. The Hall–Kier alpha value is -7.08. The maximum Gasteiger partial charge on any atom is 0.338 e. The number of ether oxygens (including phenoxy) is 6. The molecule has 0 aliphatic carbocycles. The van der Waals surface area contributed by atoms with Crippen LogP contribution < -0.4 is 28.4 Å². The van der Waals surface area contributed by atoms with Crippen molar-refractivity contribution in [2.24, 2.45) is 0 Å². The second-order valence-electron chi connectivity index (χ2n) is 12.2. The Balaban J connectivity index is 2.49. The van der Waals surface area contributed by atoms with E-state index in [1.807, 2.05) is 0 Å². The number of carbonyl (C=O) groups excluding carboxylic acids is 6. The van der Waals surface area contributed by atoms with Crippen LogP contribution in [0.5, 0.6) is 34.5 Å². The van der Waals surface area contributed by atoms with Gasteiger partial charge in [-0.2, -0.15) is 0 Å². The van der Waals surface area contributed by atoms with Crippen molar-refractivity contribution in [1.82, 2.24) is 0 Å². The maximum atomic E-state index is 13.1. The lowest BCUT2D eigenvalue weighted by molar-refractivity contribution is -0.131. The van der Waals surface area contributed by atoms with Crippen LogP contribution in [0.15, 0.2) is 121 Å². The number of benzene rings is 3. The highest BCUT2D eigenvalue weighted by molar-refractivity contribution is 5.97. The van der Waals surface area contributed by atoms with Gasteiger partial charge in [0.15, 0.2) is 0 Å². The monoisotopic (exact) mass is 734 g/mol. The van der Waals surface area contributed by atoms with E-state index in [9.17, 15) is 28.8 Å². The van der Waals surface area contributed by atoms with Crippen molar-refractivity contribution in [2.75, 3.05) is 0 Å². The van der Waals surface area contributed by atoms with Gasteiger partial charge in [0, 0.05) is 67.8 Å². The van der Waals surface area contributed by atoms with Gasteiger partial charge in [-0.3, -0.25) is 0 Å². The summed E-state index contributed by atoms with van der Waals surface area (Å²) in [6, 6.07) is 10.7. The molecule has 54 heavy (non-hydrogen) atoms. The third kappa shape index (κ3) is 10.5. The molecule has 0 aliphatic heterocycles. The lowest BCUT2D eigenvalue weighted by Crippen LogP contribution is -2.13. The Morgan fingerprint density at radius 2 is 0.556 bits per heavy atom. The molecule has 0 spiro atoms. The van der Waals surface area contributed by atoms with Crippen LogP contribution in [0.3, 0.4) is 0 Å². The van der Waals surface area contributed by atoms with E-state index in [4.69, 9.17) is 28.4 Å². The Labute approximate surface area is 312 Å². The van der Waals surface area contributed by atoms with E-state index in [2.05, 4.69) is 39.5 Å². The third-order valence-electron chi connectivity index (χ3n) is 6.89. The third-order valence-corrected chi connectivity index (χ3v) is 6.89. The Kier molecular flexibility index (Phi) is 13.3. The fourth-order valence-electron chi connectivity index (χ4n) is 4.03. The van der Waals surface area contributed by atoms with Gasteiger partial charge >= 0.3 is 35.8 Å². The lowest BCUT2D eigenvalue weighted by Gasteiger charge is -2.20. The average molecular weight is 735 g/mol. The van der Waals surface area contributed by atoms with E-state index in [1.165, 1.54) is 90.1 Å². The number of esters is 6. The average Bonchev–Trinajstić information content (AvgIpc) is 3.08. The molecule has 0 saturated heterocycles. The van der Waals surface area contributed by atoms with Crippen molar-refractivity contribution in [3.05, 3.63) is 121 Å². The van der Waals surface area contributed by atoms with Crippen LogP contribution in [-0.4, -0.2) is 35.8 Å². The molecule has 0 unspecified atom stereocenters. The maximum absolute atomic E-state index is 13.1. The second kappa shape index (κ2) is 17.4. The Morgan fingerprint density at radius 3 is 0.796 bits per heavy atom. The fourth-order valence-corrected chi connectivity index (χ4v) is 4.03. The predicted molar refractivity (Wildman–Crippen MR) is 200 cm³/mol. The molecule has 12 nitrogen and oxygen atoms in total. The van der Waals surface area contributed by atoms with Crippen molar-refractivity contribution >= 4 is 35.8 Å².